The molecule has 2 heterocycles. The highest BCUT2D eigenvalue weighted by Crippen LogP contribution is 2.05. The van der Waals surface area contributed by atoms with E-state index in [-0.39, 0.29) is 17.3 Å². The van der Waals surface area contributed by atoms with Crippen molar-refractivity contribution in [1.29, 1.82) is 0 Å². The summed E-state index contributed by atoms with van der Waals surface area (Å²) in [5.74, 6) is 0.264. The van der Waals surface area contributed by atoms with E-state index >= 15 is 0 Å². The van der Waals surface area contributed by atoms with Crippen molar-refractivity contribution >= 4 is 5.91 Å². The summed E-state index contributed by atoms with van der Waals surface area (Å²) in [6.45, 7) is 2.62. The van der Waals surface area contributed by atoms with Crippen LogP contribution in [0.5, 0.6) is 0 Å². The molecule has 6 heteroatoms. The molecule has 1 saturated heterocycles. The molecule has 6 nitrogen and oxygen atoms in total. The van der Waals surface area contributed by atoms with Gasteiger partial charge in [0.25, 0.3) is 5.91 Å². The number of imidazole rings is 1. The average molecular weight is 210 g/mol. The van der Waals surface area contributed by atoms with Crippen LogP contribution in [0.15, 0.2) is 11.0 Å². The van der Waals surface area contributed by atoms with E-state index in [0.29, 0.717) is 12.5 Å². The van der Waals surface area contributed by atoms with Crippen molar-refractivity contribution in [1.82, 2.24) is 20.6 Å². The molecule has 1 aromatic rings. The van der Waals surface area contributed by atoms with Gasteiger partial charge in [-0.3, -0.25) is 4.79 Å². The predicted octanol–water partition coefficient (Wildman–Crippen LogP) is -0.958. The van der Waals surface area contributed by atoms with Crippen LogP contribution in [0.1, 0.15) is 16.9 Å². The monoisotopic (exact) mass is 210 g/mol. The second-order valence-corrected chi connectivity index (χ2v) is 3.73. The number of amides is 1. The van der Waals surface area contributed by atoms with E-state index < -0.39 is 0 Å². The van der Waals surface area contributed by atoms with E-state index in [0.717, 1.165) is 19.5 Å². The van der Waals surface area contributed by atoms with E-state index in [2.05, 4.69) is 20.6 Å². The smallest absolute Gasteiger partial charge is 0.323 e. The van der Waals surface area contributed by atoms with Crippen LogP contribution in [0.25, 0.3) is 0 Å². The number of aromatic nitrogens is 2. The molecule has 0 spiro atoms. The van der Waals surface area contributed by atoms with Crippen molar-refractivity contribution in [3.63, 3.8) is 0 Å². The number of carbonyl (C=O) groups excluding carboxylic acids is 1. The van der Waals surface area contributed by atoms with Crippen LogP contribution < -0.4 is 16.3 Å². The maximum atomic E-state index is 11.5. The van der Waals surface area contributed by atoms with Crippen molar-refractivity contribution in [2.24, 2.45) is 5.92 Å². The molecule has 0 radical (unpaired) electrons. The van der Waals surface area contributed by atoms with E-state index in [1.165, 1.54) is 6.20 Å². The molecule has 1 atom stereocenters. The summed E-state index contributed by atoms with van der Waals surface area (Å²) in [7, 11) is 0. The van der Waals surface area contributed by atoms with E-state index in [9.17, 15) is 9.59 Å². The number of aromatic amines is 2. The standard InChI is InChI=1S/C9H14N4O2/c14-8(7-5-12-9(15)13-7)11-4-6-1-2-10-3-6/h5-6,10H,1-4H2,(H,11,14)(H2,12,13,15). The molecule has 0 saturated carbocycles. The number of nitrogens with one attached hydrogen (secondary N) is 4. The van der Waals surface area contributed by atoms with Crippen molar-refractivity contribution in [3.8, 4) is 0 Å². The maximum absolute atomic E-state index is 11.5. The Hall–Kier alpha value is -1.56. The van der Waals surface area contributed by atoms with Gasteiger partial charge in [-0.15, -0.1) is 0 Å². The number of rotatable bonds is 3. The Morgan fingerprint density at radius 3 is 3.07 bits per heavy atom. The fourth-order valence-electron chi connectivity index (χ4n) is 1.68. The Balaban J connectivity index is 1.84. The van der Waals surface area contributed by atoms with Gasteiger partial charge in [-0.25, -0.2) is 4.79 Å². The minimum atomic E-state index is -0.359. The highest BCUT2D eigenvalue weighted by atomic mass is 16.2. The van der Waals surface area contributed by atoms with Crippen molar-refractivity contribution in [3.05, 3.63) is 22.4 Å². The second kappa shape index (κ2) is 4.31. The SMILES string of the molecule is O=C(NCC1CCNC1)c1c[nH]c(=O)[nH]1. The Labute approximate surface area is 86.5 Å². The molecule has 1 aliphatic rings. The molecule has 1 amide bonds. The van der Waals surface area contributed by atoms with Gasteiger partial charge < -0.3 is 20.6 Å². The zero-order valence-electron chi connectivity index (χ0n) is 8.30. The number of hydrogen-bond acceptors (Lipinski definition) is 3. The first-order valence-electron chi connectivity index (χ1n) is 5.02. The Kier molecular flexibility index (Phi) is 2.86. The number of H-pyrrole nitrogens is 2. The minimum Gasteiger partial charge on any atom is -0.350 e. The predicted molar refractivity (Wildman–Crippen MR) is 54.7 cm³/mol. The third-order valence-corrected chi connectivity index (χ3v) is 2.55. The molecular formula is C9H14N4O2. The molecule has 1 aliphatic heterocycles. The van der Waals surface area contributed by atoms with Crippen LogP contribution in [-0.2, 0) is 0 Å². The number of carbonyl (C=O) groups is 1. The fraction of sp³-hybridized carbons (Fsp3) is 0.556. The highest BCUT2D eigenvalue weighted by Gasteiger charge is 2.16. The highest BCUT2D eigenvalue weighted by molar-refractivity contribution is 5.91. The quantitative estimate of drug-likeness (QED) is 0.518. The summed E-state index contributed by atoms with van der Waals surface area (Å²) in [5, 5.41) is 6.01. The largest absolute Gasteiger partial charge is 0.350 e. The van der Waals surface area contributed by atoms with Gasteiger partial charge in [0, 0.05) is 12.7 Å². The average Bonchev–Trinajstić information content (AvgIpc) is 2.84. The third kappa shape index (κ3) is 2.47. The summed E-state index contributed by atoms with van der Waals surface area (Å²) in [6.07, 6.45) is 2.47. The number of hydrogen-bond donors (Lipinski definition) is 4. The summed E-state index contributed by atoms with van der Waals surface area (Å²) in [6, 6.07) is 0. The summed E-state index contributed by atoms with van der Waals surface area (Å²) in [4.78, 5) is 27.1. The summed E-state index contributed by atoms with van der Waals surface area (Å²) >= 11 is 0. The lowest BCUT2D eigenvalue weighted by Crippen LogP contribution is -2.30. The van der Waals surface area contributed by atoms with Gasteiger partial charge >= 0.3 is 5.69 Å². The first kappa shape index (κ1) is 9.97. The molecule has 1 aromatic heterocycles. The third-order valence-electron chi connectivity index (χ3n) is 2.55. The van der Waals surface area contributed by atoms with Gasteiger partial charge in [0.05, 0.1) is 0 Å². The second-order valence-electron chi connectivity index (χ2n) is 3.73. The van der Waals surface area contributed by atoms with Crippen LogP contribution in [0.4, 0.5) is 0 Å². The van der Waals surface area contributed by atoms with Crippen molar-refractivity contribution < 1.29 is 4.79 Å². The van der Waals surface area contributed by atoms with Gasteiger partial charge in [-0.05, 0) is 25.4 Å². The van der Waals surface area contributed by atoms with Crippen LogP contribution in [0.2, 0.25) is 0 Å². The first-order valence-corrected chi connectivity index (χ1v) is 5.02. The van der Waals surface area contributed by atoms with Gasteiger partial charge in [-0.2, -0.15) is 0 Å². The zero-order chi connectivity index (χ0) is 10.7. The normalized spacial score (nSPS) is 20.4. The van der Waals surface area contributed by atoms with Gasteiger partial charge in [0.15, 0.2) is 0 Å². The van der Waals surface area contributed by atoms with E-state index in [1.54, 1.807) is 0 Å². The van der Waals surface area contributed by atoms with Crippen LogP contribution in [-0.4, -0.2) is 35.5 Å². The molecule has 2 rings (SSSR count). The molecule has 82 valence electrons. The zero-order valence-corrected chi connectivity index (χ0v) is 8.30. The summed E-state index contributed by atoms with van der Waals surface area (Å²) < 4.78 is 0. The van der Waals surface area contributed by atoms with Crippen LogP contribution in [0, 0.1) is 5.92 Å². The molecule has 0 bridgehead atoms. The van der Waals surface area contributed by atoms with Crippen LogP contribution >= 0.6 is 0 Å². The van der Waals surface area contributed by atoms with Crippen LogP contribution in [0.3, 0.4) is 0 Å². The summed E-state index contributed by atoms with van der Waals surface area (Å²) in [5.41, 5.74) is -0.0753. The Morgan fingerprint density at radius 1 is 1.60 bits per heavy atom. The topological polar surface area (TPSA) is 89.8 Å². The fourth-order valence-corrected chi connectivity index (χ4v) is 1.68. The Bertz CT molecular complexity index is 389. The lowest BCUT2D eigenvalue weighted by Gasteiger charge is -2.08. The molecule has 1 fully saturated rings. The van der Waals surface area contributed by atoms with Crippen molar-refractivity contribution in [2.75, 3.05) is 19.6 Å². The van der Waals surface area contributed by atoms with Gasteiger partial charge in [0.1, 0.15) is 5.69 Å². The Morgan fingerprint density at radius 2 is 2.47 bits per heavy atom. The molecule has 1 unspecified atom stereocenters. The minimum absolute atomic E-state index is 0.236. The lowest BCUT2D eigenvalue weighted by atomic mass is 10.1. The van der Waals surface area contributed by atoms with Gasteiger partial charge in [0.2, 0.25) is 0 Å². The van der Waals surface area contributed by atoms with Crippen molar-refractivity contribution in [2.45, 2.75) is 6.42 Å². The maximum Gasteiger partial charge on any atom is 0.323 e. The molecule has 0 aliphatic carbocycles. The molecule has 4 N–H and O–H groups in total. The van der Waals surface area contributed by atoms with E-state index in [1.807, 2.05) is 0 Å². The molecule has 15 heavy (non-hydrogen) atoms. The lowest BCUT2D eigenvalue weighted by molar-refractivity contribution is 0.0943. The van der Waals surface area contributed by atoms with Gasteiger partial charge in [-0.1, -0.05) is 0 Å². The van der Waals surface area contributed by atoms with E-state index in [4.69, 9.17) is 0 Å². The molecule has 0 aromatic carbocycles. The first-order chi connectivity index (χ1) is 7.25. The molecular weight excluding hydrogens is 196 g/mol.